The van der Waals surface area contributed by atoms with Crippen LogP contribution in [0.5, 0.6) is 0 Å². The van der Waals surface area contributed by atoms with Crippen LogP contribution in [0.2, 0.25) is 0 Å². The van der Waals surface area contributed by atoms with Gasteiger partial charge in [-0.15, -0.1) is 11.6 Å². The van der Waals surface area contributed by atoms with E-state index in [4.69, 9.17) is 16.3 Å². The number of halogens is 2. The Morgan fingerprint density at radius 3 is 3.13 bits per heavy atom. The molecule has 0 amide bonds. The highest BCUT2D eigenvalue weighted by molar-refractivity contribution is 6.21. The van der Waals surface area contributed by atoms with E-state index >= 15 is 0 Å². The number of hydrogen-bond donors (Lipinski definition) is 1. The first kappa shape index (κ1) is 10.9. The summed E-state index contributed by atoms with van der Waals surface area (Å²) in [5.74, 6) is -0.238. The second kappa shape index (κ2) is 4.47. The first-order valence-corrected chi connectivity index (χ1v) is 5.36. The molecule has 82 valence electrons. The Labute approximate surface area is 93.4 Å². The molecule has 2 rings (SSSR count). The lowest BCUT2D eigenvalue weighted by atomic mass is 9.96. The lowest BCUT2D eigenvalue weighted by molar-refractivity contribution is 0.0384. The second-order valence-electron chi connectivity index (χ2n) is 3.59. The van der Waals surface area contributed by atoms with Crippen molar-refractivity contribution in [2.45, 2.75) is 11.5 Å². The van der Waals surface area contributed by atoms with Crippen molar-refractivity contribution in [3.63, 3.8) is 0 Å². The Kier molecular flexibility index (Phi) is 3.24. The molecule has 1 aliphatic rings. The largest absolute Gasteiger partial charge is 0.370 e. The third kappa shape index (κ3) is 2.00. The zero-order valence-electron chi connectivity index (χ0n) is 8.47. The molecular formula is C11H13ClFNO. The van der Waals surface area contributed by atoms with Gasteiger partial charge < -0.3 is 10.1 Å². The number of benzene rings is 1. The average molecular weight is 230 g/mol. The molecule has 0 saturated carbocycles. The van der Waals surface area contributed by atoms with E-state index in [0.29, 0.717) is 18.7 Å². The van der Waals surface area contributed by atoms with Crippen LogP contribution in [0.4, 0.5) is 4.39 Å². The van der Waals surface area contributed by atoms with E-state index in [1.807, 2.05) is 13.1 Å². The Morgan fingerprint density at radius 2 is 2.40 bits per heavy atom. The maximum Gasteiger partial charge on any atom is 0.129 e. The molecule has 0 radical (unpaired) electrons. The third-order valence-corrected chi connectivity index (χ3v) is 2.94. The summed E-state index contributed by atoms with van der Waals surface area (Å²) < 4.78 is 19.2. The molecule has 0 saturated heterocycles. The molecule has 0 bridgehead atoms. The van der Waals surface area contributed by atoms with Gasteiger partial charge in [0.15, 0.2) is 0 Å². The Morgan fingerprint density at radius 1 is 1.60 bits per heavy atom. The molecule has 2 atom stereocenters. The Hall–Kier alpha value is -0.640. The van der Waals surface area contributed by atoms with Crippen LogP contribution in [0.15, 0.2) is 18.2 Å². The van der Waals surface area contributed by atoms with Gasteiger partial charge in [0.25, 0.3) is 0 Å². The van der Waals surface area contributed by atoms with Crippen molar-refractivity contribution < 1.29 is 9.13 Å². The van der Waals surface area contributed by atoms with Crippen LogP contribution in [0.3, 0.4) is 0 Å². The highest BCUT2D eigenvalue weighted by Gasteiger charge is 2.28. The van der Waals surface area contributed by atoms with E-state index in [9.17, 15) is 4.39 Å². The van der Waals surface area contributed by atoms with Gasteiger partial charge in [0.05, 0.1) is 18.1 Å². The van der Waals surface area contributed by atoms with Gasteiger partial charge in [-0.3, -0.25) is 0 Å². The summed E-state index contributed by atoms with van der Waals surface area (Å²) in [5.41, 5.74) is 1.45. The fraction of sp³-hybridized carbons (Fsp3) is 0.455. The van der Waals surface area contributed by atoms with Crippen molar-refractivity contribution in [3.8, 4) is 0 Å². The van der Waals surface area contributed by atoms with Gasteiger partial charge in [0.2, 0.25) is 0 Å². The van der Waals surface area contributed by atoms with Crippen molar-refractivity contribution in [1.29, 1.82) is 0 Å². The van der Waals surface area contributed by atoms with Crippen molar-refractivity contribution in [1.82, 2.24) is 5.32 Å². The molecular weight excluding hydrogens is 217 g/mol. The van der Waals surface area contributed by atoms with E-state index < -0.39 is 0 Å². The summed E-state index contributed by atoms with van der Waals surface area (Å²) in [4.78, 5) is 0. The van der Waals surface area contributed by atoms with E-state index in [0.717, 1.165) is 5.56 Å². The molecule has 0 aliphatic carbocycles. The minimum absolute atomic E-state index is 0.235. The number of nitrogens with one attached hydrogen (secondary N) is 1. The van der Waals surface area contributed by atoms with Crippen LogP contribution in [-0.4, -0.2) is 20.2 Å². The fourth-order valence-corrected chi connectivity index (χ4v) is 2.15. The zero-order valence-corrected chi connectivity index (χ0v) is 9.22. The van der Waals surface area contributed by atoms with Gasteiger partial charge in [0.1, 0.15) is 5.82 Å². The van der Waals surface area contributed by atoms with Gasteiger partial charge in [-0.1, -0.05) is 12.1 Å². The average Bonchev–Trinajstić information content (AvgIpc) is 2.23. The molecule has 4 heteroatoms. The standard InChI is InChI=1S/C11H13ClFNO/c1-14-5-10-11-7(8(12)6-15-10)3-2-4-9(11)13/h2-4,8,10,14H,5-6H2,1H3/t8-,10?/m0/s1. The quantitative estimate of drug-likeness (QED) is 0.787. The first-order valence-electron chi connectivity index (χ1n) is 4.92. The molecule has 15 heavy (non-hydrogen) atoms. The Balaban J connectivity index is 2.42. The molecule has 1 heterocycles. The number of ether oxygens (including phenoxy) is 1. The molecule has 1 aliphatic heterocycles. The predicted molar refractivity (Wildman–Crippen MR) is 57.6 cm³/mol. The van der Waals surface area contributed by atoms with Crippen LogP contribution >= 0.6 is 11.6 Å². The van der Waals surface area contributed by atoms with E-state index in [-0.39, 0.29) is 17.3 Å². The fourth-order valence-electron chi connectivity index (χ4n) is 1.89. The summed E-state index contributed by atoms with van der Waals surface area (Å²) in [6.45, 7) is 1.03. The third-order valence-electron chi connectivity index (χ3n) is 2.58. The van der Waals surface area contributed by atoms with Crippen molar-refractivity contribution in [2.24, 2.45) is 0 Å². The van der Waals surface area contributed by atoms with Crippen LogP contribution in [0.25, 0.3) is 0 Å². The van der Waals surface area contributed by atoms with E-state index in [1.54, 1.807) is 6.07 Å². The maximum atomic E-state index is 13.7. The number of alkyl halides is 1. The zero-order chi connectivity index (χ0) is 10.8. The lowest BCUT2D eigenvalue weighted by Gasteiger charge is -2.29. The van der Waals surface area contributed by atoms with Crippen molar-refractivity contribution >= 4 is 11.6 Å². The van der Waals surface area contributed by atoms with Crippen molar-refractivity contribution in [3.05, 3.63) is 35.1 Å². The predicted octanol–water partition coefficient (Wildman–Crippen LogP) is 2.40. The normalized spacial score (nSPS) is 25.0. The summed E-state index contributed by atoms with van der Waals surface area (Å²) in [7, 11) is 1.82. The summed E-state index contributed by atoms with van der Waals surface area (Å²) in [6, 6.07) is 4.99. The van der Waals surface area contributed by atoms with Crippen molar-refractivity contribution in [2.75, 3.05) is 20.2 Å². The van der Waals surface area contributed by atoms with Crippen LogP contribution in [0.1, 0.15) is 22.6 Å². The van der Waals surface area contributed by atoms with Gasteiger partial charge in [-0.05, 0) is 18.7 Å². The van der Waals surface area contributed by atoms with Crippen LogP contribution in [-0.2, 0) is 4.74 Å². The highest BCUT2D eigenvalue weighted by Crippen LogP contribution is 2.37. The molecule has 0 aromatic heterocycles. The van der Waals surface area contributed by atoms with Crippen LogP contribution < -0.4 is 5.32 Å². The molecule has 0 spiro atoms. The van der Waals surface area contributed by atoms with E-state index in [1.165, 1.54) is 6.07 Å². The monoisotopic (exact) mass is 229 g/mol. The van der Waals surface area contributed by atoms with E-state index in [2.05, 4.69) is 5.32 Å². The summed E-state index contributed by atoms with van der Waals surface area (Å²) in [5, 5.41) is 2.74. The molecule has 1 N–H and O–H groups in total. The topological polar surface area (TPSA) is 21.3 Å². The van der Waals surface area contributed by atoms with Gasteiger partial charge in [-0.25, -0.2) is 4.39 Å². The molecule has 2 nitrogen and oxygen atoms in total. The minimum atomic E-state index is -0.246. The van der Waals surface area contributed by atoms with Gasteiger partial charge in [-0.2, -0.15) is 0 Å². The summed E-state index contributed by atoms with van der Waals surface area (Å²) in [6.07, 6.45) is -0.235. The SMILES string of the molecule is CNCC1OC[C@H](Cl)c2cccc(F)c21. The molecule has 1 aromatic rings. The minimum Gasteiger partial charge on any atom is -0.370 e. The number of rotatable bonds is 2. The number of hydrogen-bond acceptors (Lipinski definition) is 2. The Bertz CT molecular complexity index is 358. The lowest BCUT2D eigenvalue weighted by Crippen LogP contribution is -2.27. The second-order valence-corrected chi connectivity index (χ2v) is 4.12. The first-order chi connectivity index (χ1) is 7.24. The highest BCUT2D eigenvalue weighted by atomic mass is 35.5. The summed E-state index contributed by atoms with van der Waals surface area (Å²) >= 11 is 6.07. The smallest absolute Gasteiger partial charge is 0.129 e. The van der Waals surface area contributed by atoms with Gasteiger partial charge in [0, 0.05) is 12.1 Å². The molecule has 0 fully saturated rings. The number of likely N-dealkylation sites (N-methyl/N-ethyl adjacent to an activating group) is 1. The number of fused-ring (bicyclic) bond motifs is 1. The molecule has 1 aromatic carbocycles. The maximum absolute atomic E-state index is 13.7. The molecule has 1 unspecified atom stereocenters. The van der Waals surface area contributed by atoms with Gasteiger partial charge >= 0.3 is 0 Å². The van der Waals surface area contributed by atoms with Crippen LogP contribution in [0, 0.1) is 5.82 Å².